The highest BCUT2D eigenvalue weighted by Crippen LogP contribution is 2.24. The number of amides is 1. The molecule has 0 aromatic carbocycles. The van der Waals surface area contributed by atoms with E-state index in [4.69, 9.17) is 0 Å². The molecule has 0 aliphatic carbocycles. The first kappa shape index (κ1) is 15.7. The number of aromatic amines is 1. The summed E-state index contributed by atoms with van der Waals surface area (Å²) in [5.41, 5.74) is 3.35. The van der Waals surface area contributed by atoms with E-state index in [9.17, 15) is 4.79 Å². The van der Waals surface area contributed by atoms with Crippen LogP contribution in [0.1, 0.15) is 54.9 Å². The van der Waals surface area contributed by atoms with Crippen molar-refractivity contribution in [3.8, 4) is 0 Å². The fourth-order valence-corrected chi connectivity index (χ4v) is 3.35. The molecule has 2 aromatic heterocycles. The van der Waals surface area contributed by atoms with Crippen molar-refractivity contribution < 1.29 is 4.79 Å². The highest BCUT2D eigenvalue weighted by atomic mass is 16.2. The molecule has 7 nitrogen and oxygen atoms in total. The molecule has 124 valence electrons. The van der Waals surface area contributed by atoms with E-state index >= 15 is 0 Å². The first-order valence-electron chi connectivity index (χ1n) is 8.24. The maximum absolute atomic E-state index is 12.5. The van der Waals surface area contributed by atoms with Gasteiger partial charge in [-0.1, -0.05) is 6.92 Å². The van der Waals surface area contributed by atoms with E-state index in [-0.39, 0.29) is 11.9 Å². The van der Waals surface area contributed by atoms with Gasteiger partial charge in [-0.3, -0.25) is 9.89 Å². The predicted octanol–water partition coefficient (Wildman–Crippen LogP) is 1.72. The van der Waals surface area contributed by atoms with Crippen LogP contribution < -0.4 is 0 Å². The smallest absolute Gasteiger partial charge is 0.245 e. The Bertz CT molecular complexity index is 697. The standard InChI is InChI=1S/C16H24N6O/c1-5-8-21-9-15-20-19-14(22(15)12(4)16(21)23)7-6-13-10(2)17-18-11(13)3/h12H,5-9H2,1-4H3,(H,17,18)/t12-/m1/s1. The van der Waals surface area contributed by atoms with Crippen LogP contribution in [-0.2, 0) is 24.2 Å². The van der Waals surface area contributed by atoms with Gasteiger partial charge in [0.05, 0.1) is 12.2 Å². The summed E-state index contributed by atoms with van der Waals surface area (Å²) in [7, 11) is 0. The summed E-state index contributed by atoms with van der Waals surface area (Å²) in [5, 5.41) is 15.9. The monoisotopic (exact) mass is 316 g/mol. The Kier molecular flexibility index (Phi) is 4.19. The third-order valence-electron chi connectivity index (χ3n) is 4.60. The molecule has 0 saturated carbocycles. The Hall–Kier alpha value is -2.18. The lowest BCUT2D eigenvalue weighted by Gasteiger charge is -2.31. The van der Waals surface area contributed by atoms with Gasteiger partial charge in [0.2, 0.25) is 5.91 Å². The summed E-state index contributed by atoms with van der Waals surface area (Å²) in [6.07, 6.45) is 2.57. The van der Waals surface area contributed by atoms with Crippen molar-refractivity contribution in [1.82, 2.24) is 29.9 Å². The van der Waals surface area contributed by atoms with E-state index in [0.717, 1.165) is 48.8 Å². The molecule has 0 radical (unpaired) electrons. The van der Waals surface area contributed by atoms with Crippen LogP contribution in [0.4, 0.5) is 0 Å². The molecule has 7 heteroatoms. The Morgan fingerprint density at radius 1 is 1.26 bits per heavy atom. The molecule has 0 unspecified atom stereocenters. The van der Waals surface area contributed by atoms with Crippen LogP contribution in [0, 0.1) is 13.8 Å². The summed E-state index contributed by atoms with van der Waals surface area (Å²) >= 11 is 0. The minimum atomic E-state index is -0.221. The van der Waals surface area contributed by atoms with Crippen LogP contribution in [0.15, 0.2) is 0 Å². The third-order valence-corrected chi connectivity index (χ3v) is 4.60. The van der Waals surface area contributed by atoms with E-state index in [1.54, 1.807) is 0 Å². The van der Waals surface area contributed by atoms with Gasteiger partial charge in [-0.2, -0.15) is 5.10 Å². The van der Waals surface area contributed by atoms with Gasteiger partial charge in [-0.25, -0.2) is 0 Å². The fraction of sp³-hybridized carbons (Fsp3) is 0.625. The lowest BCUT2D eigenvalue weighted by Crippen LogP contribution is -2.42. The van der Waals surface area contributed by atoms with Crippen LogP contribution in [0.5, 0.6) is 0 Å². The minimum Gasteiger partial charge on any atom is -0.333 e. The van der Waals surface area contributed by atoms with Crippen LogP contribution in [0.25, 0.3) is 0 Å². The van der Waals surface area contributed by atoms with E-state index in [1.165, 1.54) is 5.56 Å². The molecule has 1 aliphatic rings. The number of fused-ring (bicyclic) bond motifs is 1. The second kappa shape index (κ2) is 6.14. The molecule has 23 heavy (non-hydrogen) atoms. The summed E-state index contributed by atoms with van der Waals surface area (Å²) in [6.45, 7) is 9.40. The molecule has 1 aliphatic heterocycles. The molecule has 0 spiro atoms. The second-order valence-corrected chi connectivity index (χ2v) is 6.25. The van der Waals surface area contributed by atoms with Crippen molar-refractivity contribution in [1.29, 1.82) is 0 Å². The molecule has 2 aromatic rings. The van der Waals surface area contributed by atoms with Gasteiger partial charge in [-0.05, 0) is 39.2 Å². The van der Waals surface area contributed by atoms with Gasteiger partial charge in [0.1, 0.15) is 11.9 Å². The molecular weight excluding hydrogens is 292 g/mol. The van der Waals surface area contributed by atoms with Crippen molar-refractivity contribution in [3.63, 3.8) is 0 Å². The second-order valence-electron chi connectivity index (χ2n) is 6.25. The quantitative estimate of drug-likeness (QED) is 0.911. The average molecular weight is 316 g/mol. The fourth-order valence-electron chi connectivity index (χ4n) is 3.35. The van der Waals surface area contributed by atoms with Crippen LogP contribution in [0.2, 0.25) is 0 Å². The summed E-state index contributed by atoms with van der Waals surface area (Å²) < 4.78 is 2.01. The number of hydrogen-bond donors (Lipinski definition) is 1. The molecule has 0 bridgehead atoms. The summed E-state index contributed by atoms with van der Waals surface area (Å²) in [5.74, 6) is 1.94. The first-order valence-corrected chi connectivity index (χ1v) is 8.24. The first-order chi connectivity index (χ1) is 11.0. The molecule has 0 saturated heterocycles. The van der Waals surface area contributed by atoms with E-state index < -0.39 is 0 Å². The minimum absolute atomic E-state index is 0.163. The van der Waals surface area contributed by atoms with Crippen molar-refractivity contribution in [2.24, 2.45) is 0 Å². The summed E-state index contributed by atoms with van der Waals surface area (Å²) in [4.78, 5) is 14.4. The Morgan fingerprint density at radius 2 is 2.04 bits per heavy atom. The highest BCUT2D eigenvalue weighted by molar-refractivity contribution is 5.81. The number of aromatic nitrogens is 5. The number of aryl methyl sites for hydroxylation is 3. The number of hydrogen-bond acceptors (Lipinski definition) is 4. The molecule has 0 fully saturated rings. The zero-order chi connectivity index (χ0) is 16.6. The van der Waals surface area contributed by atoms with Crippen molar-refractivity contribution >= 4 is 5.91 Å². The van der Waals surface area contributed by atoms with Crippen LogP contribution >= 0.6 is 0 Å². The number of nitrogens with zero attached hydrogens (tertiary/aromatic N) is 5. The van der Waals surface area contributed by atoms with Gasteiger partial charge in [0.25, 0.3) is 0 Å². The maximum atomic E-state index is 12.5. The number of rotatable bonds is 5. The lowest BCUT2D eigenvalue weighted by molar-refractivity contribution is -0.137. The Labute approximate surface area is 136 Å². The molecule has 1 N–H and O–H groups in total. The molecule has 1 amide bonds. The predicted molar refractivity (Wildman–Crippen MR) is 85.9 cm³/mol. The number of carbonyl (C=O) groups is 1. The number of H-pyrrole nitrogens is 1. The highest BCUT2D eigenvalue weighted by Gasteiger charge is 2.32. The van der Waals surface area contributed by atoms with Gasteiger partial charge in [0.15, 0.2) is 5.82 Å². The Morgan fingerprint density at radius 3 is 2.70 bits per heavy atom. The maximum Gasteiger partial charge on any atom is 0.245 e. The van der Waals surface area contributed by atoms with Crippen LogP contribution in [-0.4, -0.2) is 42.3 Å². The molecule has 3 heterocycles. The largest absolute Gasteiger partial charge is 0.333 e. The van der Waals surface area contributed by atoms with Gasteiger partial charge < -0.3 is 9.47 Å². The van der Waals surface area contributed by atoms with Gasteiger partial charge in [0, 0.05) is 18.7 Å². The SMILES string of the molecule is CCCN1Cc2nnc(CCc3c(C)n[nH]c3C)n2[C@H](C)C1=O. The number of carbonyl (C=O) groups excluding carboxylic acids is 1. The molecular formula is C16H24N6O. The molecule has 1 atom stereocenters. The van der Waals surface area contributed by atoms with E-state index in [2.05, 4.69) is 27.3 Å². The number of nitrogens with one attached hydrogen (secondary N) is 1. The average Bonchev–Trinajstić information content (AvgIpc) is 3.07. The topological polar surface area (TPSA) is 79.7 Å². The van der Waals surface area contributed by atoms with Crippen molar-refractivity contribution in [2.45, 2.75) is 59.5 Å². The lowest BCUT2D eigenvalue weighted by atomic mass is 10.1. The normalized spacial score (nSPS) is 17.7. The Balaban J connectivity index is 1.80. The van der Waals surface area contributed by atoms with Gasteiger partial charge in [-0.15, -0.1) is 10.2 Å². The third kappa shape index (κ3) is 2.75. The zero-order valence-corrected chi connectivity index (χ0v) is 14.3. The van der Waals surface area contributed by atoms with Crippen molar-refractivity contribution in [3.05, 3.63) is 28.6 Å². The van der Waals surface area contributed by atoms with E-state index in [1.807, 2.05) is 30.2 Å². The molecule has 3 rings (SSSR count). The van der Waals surface area contributed by atoms with Crippen LogP contribution in [0.3, 0.4) is 0 Å². The zero-order valence-electron chi connectivity index (χ0n) is 14.3. The van der Waals surface area contributed by atoms with Gasteiger partial charge >= 0.3 is 0 Å². The van der Waals surface area contributed by atoms with Crippen molar-refractivity contribution in [2.75, 3.05) is 6.54 Å². The van der Waals surface area contributed by atoms with E-state index in [0.29, 0.717) is 6.54 Å². The summed E-state index contributed by atoms with van der Waals surface area (Å²) in [6, 6.07) is -0.221.